The summed E-state index contributed by atoms with van der Waals surface area (Å²) < 4.78 is 1.94. The molecule has 0 bridgehead atoms. The van der Waals surface area contributed by atoms with E-state index in [1.807, 2.05) is 42.0 Å². The van der Waals surface area contributed by atoms with E-state index in [0.29, 0.717) is 15.9 Å². The van der Waals surface area contributed by atoms with Crippen LogP contribution in [0.25, 0.3) is 5.69 Å². The van der Waals surface area contributed by atoms with Gasteiger partial charge in [0, 0.05) is 24.3 Å². The first-order valence-corrected chi connectivity index (χ1v) is 7.59. The van der Waals surface area contributed by atoms with Crippen LogP contribution in [-0.4, -0.2) is 20.2 Å². The Balaban J connectivity index is 1.75. The molecule has 0 atom stereocenters. The summed E-state index contributed by atoms with van der Waals surface area (Å²) in [4.78, 5) is 8.13. The summed E-state index contributed by atoms with van der Waals surface area (Å²) in [5.41, 5.74) is 5.70. The minimum absolute atomic E-state index is 0.421. The minimum atomic E-state index is 0.421. The van der Waals surface area contributed by atoms with Crippen LogP contribution in [0, 0.1) is 0 Å². The Morgan fingerprint density at radius 3 is 2.65 bits per heavy atom. The van der Waals surface area contributed by atoms with Crippen LogP contribution in [0.5, 0.6) is 0 Å². The zero-order valence-electron chi connectivity index (χ0n) is 12.2. The summed E-state index contributed by atoms with van der Waals surface area (Å²) in [6, 6.07) is 9.61. The molecule has 0 aliphatic heterocycles. The van der Waals surface area contributed by atoms with Gasteiger partial charge >= 0.3 is 0 Å². The van der Waals surface area contributed by atoms with Crippen molar-refractivity contribution in [2.45, 2.75) is 6.92 Å². The average Bonchev–Trinajstić information content (AvgIpc) is 3.08. The van der Waals surface area contributed by atoms with E-state index >= 15 is 0 Å². The van der Waals surface area contributed by atoms with Crippen LogP contribution in [0.2, 0.25) is 10.0 Å². The Bertz CT molecular complexity index is 826. The van der Waals surface area contributed by atoms with Gasteiger partial charge in [-0.3, -0.25) is 5.43 Å². The van der Waals surface area contributed by atoms with Crippen LogP contribution in [0.1, 0.15) is 12.5 Å². The van der Waals surface area contributed by atoms with Gasteiger partial charge in [0.15, 0.2) is 5.82 Å². The molecule has 3 aromatic rings. The summed E-state index contributed by atoms with van der Waals surface area (Å²) >= 11 is 11.9. The van der Waals surface area contributed by atoms with Crippen molar-refractivity contribution < 1.29 is 0 Å². The molecule has 2 aromatic heterocycles. The molecule has 0 fully saturated rings. The first kappa shape index (κ1) is 15.5. The number of pyridine rings is 1. The number of rotatable bonds is 4. The van der Waals surface area contributed by atoms with Gasteiger partial charge in [0.25, 0.3) is 0 Å². The number of halogens is 2. The maximum atomic E-state index is 6.05. The average molecular weight is 346 g/mol. The van der Waals surface area contributed by atoms with Crippen LogP contribution in [0.15, 0.2) is 60.4 Å². The van der Waals surface area contributed by atoms with Crippen molar-refractivity contribution in [2.75, 3.05) is 5.43 Å². The molecule has 1 aromatic carbocycles. The topological polar surface area (TPSA) is 55.1 Å². The van der Waals surface area contributed by atoms with E-state index in [4.69, 9.17) is 23.2 Å². The van der Waals surface area contributed by atoms with Crippen molar-refractivity contribution in [1.29, 1.82) is 0 Å². The van der Waals surface area contributed by atoms with Crippen molar-refractivity contribution in [3.8, 4) is 5.69 Å². The highest BCUT2D eigenvalue weighted by atomic mass is 35.5. The monoisotopic (exact) mass is 345 g/mol. The highest BCUT2D eigenvalue weighted by molar-refractivity contribution is 6.35. The quantitative estimate of drug-likeness (QED) is 0.562. The van der Waals surface area contributed by atoms with Gasteiger partial charge in [0.2, 0.25) is 0 Å². The Morgan fingerprint density at radius 2 is 2.00 bits per heavy atom. The molecule has 23 heavy (non-hydrogen) atoms. The molecule has 0 spiro atoms. The van der Waals surface area contributed by atoms with Crippen LogP contribution in [-0.2, 0) is 0 Å². The number of hydrazone groups is 1. The smallest absolute Gasteiger partial charge is 0.165 e. The van der Waals surface area contributed by atoms with E-state index in [-0.39, 0.29) is 0 Å². The molecular weight excluding hydrogens is 333 g/mol. The van der Waals surface area contributed by atoms with E-state index < -0.39 is 0 Å². The van der Waals surface area contributed by atoms with Crippen molar-refractivity contribution in [3.05, 3.63) is 70.9 Å². The van der Waals surface area contributed by atoms with Crippen molar-refractivity contribution in [3.63, 3.8) is 0 Å². The first-order valence-electron chi connectivity index (χ1n) is 6.83. The van der Waals surface area contributed by atoms with Gasteiger partial charge in [-0.25, -0.2) is 9.97 Å². The number of benzene rings is 1. The molecule has 0 radical (unpaired) electrons. The molecule has 1 N–H and O–H groups in total. The SMILES string of the molecule is C/C(=N\Nc1ncc(Cl)cc1Cl)c1ccc(-n2ccnc2)cc1. The van der Waals surface area contributed by atoms with Crippen molar-refractivity contribution >= 4 is 34.7 Å². The molecule has 0 saturated heterocycles. The van der Waals surface area contributed by atoms with Crippen LogP contribution >= 0.6 is 23.2 Å². The lowest BCUT2D eigenvalue weighted by atomic mass is 10.1. The summed E-state index contributed by atoms with van der Waals surface area (Å²) in [6.07, 6.45) is 6.91. The third-order valence-electron chi connectivity index (χ3n) is 3.22. The van der Waals surface area contributed by atoms with Crippen LogP contribution in [0.4, 0.5) is 5.82 Å². The lowest BCUT2D eigenvalue weighted by Gasteiger charge is -2.06. The molecule has 5 nitrogen and oxygen atoms in total. The van der Waals surface area contributed by atoms with Gasteiger partial charge in [-0.15, -0.1) is 0 Å². The Kier molecular flexibility index (Phi) is 4.60. The number of imidazole rings is 1. The minimum Gasteiger partial charge on any atom is -0.306 e. The zero-order chi connectivity index (χ0) is 16.2. The van der Waals surface area contributed by atoms with Gasteiger partial charge in [-0.05, 0) is 30.7 Å². The predicted molar refractivity (Wildman–Crippen MR) is 93.7 cm³/mol. The normalized spacial score (nSPS) is 11.5. The molecule has 116 valence electrons. The fraction of sp³-hybridized carbons (Fsp3) is 0.0625. The van der Waals surface area contributed by atoms with E-state index in [0.717, 1.165) is 17.0 Å². The van der Waals surface area contributed by atoms with Gasteiger partial charge in [-0.2, -0.15) is 5.10 Å². The third kappa shape index (κ3) is 3.70. The predicted octanol–water partition coefficient (Wildman–Crippen LogP) is 4.41. The van der Waals surface area contributed by atoms with Gasteiger partial charge in [-0.1, -0.05) is 35.3 Å². The molecule has 2 heterocycles. The van der Waals surface area contributed by atoms with E-state index in [9.17, 15) is 0 Å². The van der Waals surface area contributed by atoms with E-state index in [1.54, 1.807) is 18.6 Å². The molecule has 0 aliphatic carbocycles. The van der Waals surface area contributed by atoms with Crippen molar-refractivity contribution in [1.82, 2.24) is 14.5 Å². The summed E-state index contributed by atoms with van der Waals surface area (Å²) in [5, 5.41) is 5.21. The molecule has 7 heteroatoms. The number of aromatic nitrogens is 3. The molecule has 0 unspecified atom stereocenters. The molecule has 0 aliphatic rings. The Labute approximate surface area is 143 Å². The van der Waals surface area contributed by atoms with Gasteiger partial charge < -0.3 is 4.57 Å². The lowest BCUT2D eigenvalue weighted by molar-refractivity contribution is 1.06. The second kappa shape index (κ2) is 6.81. The zero-order valence-corrected chi connectivity index (χ0v) is 13.8. The molecule has 0 amide bonds. The third-order valence-corrected chi connectivity index (χ3v) is 3.72. The highest BCUT2D eigenvalue weighted by Gasteiger charge is 2.03. The molecular formula is C16H13Cl2N5. The first-order chi connectivity index (χ1) is 11.1. The Hall–Kier alpha value is -2.37. The largest absolute Gasteiger partial charge is 0.306 e. The second-order valence-electron chi connectivity index (χ2n) is 4.81. The number of nitrogens with zero attached hydrogens (tertiary/aromatic N) is 4. The maximum Gasteiger partial charge on any atom is 0.165 e. The lowest BCUT2D eigenvalue weighted by Crippen LogP contribution is -2.01. The molecule has 0 saturated carbocycles. The van der Waals surface area contributed by atoms with E-state index in [1.165, 1.54) is 6.20 Å². The number of hydrogen-bond acceptors (Lipinski definition) is 4. The maximum absolute atomic E-state index is 6.05. The second-order valence-corrected chi connectivity index (χ2v) is 5.65. The van der Waals surface area contributed by atoms with Crippen LogP contribution < -0.4 is 5.43 Å². The standard InChI is InChI=1S/C16H13Cl2N5/c1-11(21-22-16-15(18)8-13(17)9-20-16)12-2-4-14(5-3-12)23-7-6-19-10-23/h2-10H,1H3,(H,20,22)/b21-11+. The van der Waals surface area contributed by atoms with E-state index in [2.05, 4.69) is 20.5 Å². The van der Waals surface area contributed by atoms with Gasteiger partial charge in [0.05, 0.1) is 22.1 Å². The summed E-state index contributed by atoms with van der Waals surface area (Å²) in [7, 11) is 0. The number of nitrogens with one attached hydrogen (secondary N) is 1. The highest BCUT2D eigenvalue weighted by Crippen LogP contribution is 2.22. The Morgan fingerprint density at radius 1 is 1.22 bits per heavy atom. The van der Waals surface area contributed by atoms with Crippen LogP contribution in [0.3, 0.4) is 0 Å². The number of anilines is 1. The fourth-order valence-corrected chi connectivity index (χ4v) is 2.41. The summed E-state index contributed by atoms with van der Waals surface area (Å²) in [6.45, 7) is 1.91. The molecule has 3 rings (SSSR count). The number of hydrogen-bond donors (Lipinski definition) is 1. The van der Waals surface area contributed by atoms with Gasteiger partial charge in [0.1, 0.15) is 0 Å². The fourth-order valence-electron chi connectivity index (χ4n) is 1.98. The summed E-state index contributed by atoms with van der Waals surface area (Å²) in [5.74, 6) is 0.463. The van der Waals surface area contributed by atoms with Crippen molar-refractivity contribution in [2.24, 2.45) is 5.10 Å².